The molecule has 0 radical (unpaired) electrons. The van der Waals surface area contributed by atoms with Gasteiger partial charge in [0.05, 0.1) is 0 Å². The van der Waals surface area contributed by atoms with Gasteiger partial charge in [0.15, 0.2) is 0 Å². The Hall–Kier alpha value is -1.68. The molecule has 1 amide bonds. The van der Waals surface area contributed by atoms with Crippen LogP contribution in [0.4, 0.5) is 5.69 Å². The van der Waals surface area contributed by atoms with E-state index in [0.29, 0.717) is 5.69 Å². The standard InChI is InChI=1S/C15H13BrN2O/c1-10-9-11-5-2-3-7-13(11)18(10)15(19)14-12(16)6-4-8-17-14/h2-8,10H,9H2,1H3. The van der Waals surface area contributed by atoms with Crippen molar-refractivity contribution < 1.29 is 4.79 Å². The normalized spacial score (nSPS) is 17.4. The van der Waals surface area contributed by atoms with Crippen molar-refractivity contribution >= 4 is 27.5 Å². The van der Waals surface area contributed by atoms with E-state index in [0.717, 1.165) is 16.6 Å². The molecule has 0 aliphatic carbocycles. The number of pyridine rings is 1. The minimum absolute atomic E-state index is 0.0510. The molecule has 0 saturated carbocycles. The number of nitrogens with zero attached hydrogens (tertiary/aromatic N) is 2. The van der Waals surface area contributed by atoms with Crippen molar-refractivity contribution in [3.8, 4) is 0 Å². The minimum Gasteiger partial charge on any atom is -0.304 e. The Labute approximate surface area is 120 Å². The third-order valence-corrected chi connectivity index (χ3v) is 4.03. The van der Waals surface area contributed by atoms with Gasteiger partial charge in [0.1, 0.15) is 5.69 Å². The summed E-state index contributed by atoms with van der Waals surface area (Å²) < 4.78 is 0.733. The largest absolute Gasteiger partial charge is 0.304 e. The average molecular weight is 317 g/mol. The van der Waals surface area contributed by atoms with Crippen LogP contribution < -0.4 is 4.90 Å². The number of hydrogen-bond donors (Lipinski definition) is 0. The van der Waals surface area contributed by atoms with Gasteiger partial charge in [-0.15, -0.1) is 0 Å². The molecule has 0 spiro atoms. The minimum atomic E-state index is -0.0510. The van der Waals surface area contributed by atoms with E-state index in [9.17, 15) is 4.79 Å². The zero-order valence-electron chi connectivity index (χ0n) is 10.5. The molecule has 96 valence electrons. The summed E-state index contributed by atoms with van der Waals surface area (Å²) in [6.45, 7) is 2.06. The van der Waals surface area contributed by atoms with Gasteiger partial charge in [-0.05, 0) is 53.0 Å². The van der Waals surface area contributed by atoms with Crippen molar-refractivity contribution in [1.29, 1.82) is 0 Å². The molecule has 1 aliphatic rings. The Bertz CT molecular complexity index is 642. The Morgan fingerprint density at radius 2 is 2.11 bits per heavy atom. The van der Waals surface area contributed by atoms with Crippen molar-refractivity contribution in [2.45, 2.75) is 19.4 Å². The summed E-state index contributed by atoms with van der Waals surface area (Å²) >= 11 is 3.39. The summed E-state index contributed by atoms with van der Waals surface area (Å²) in [4.78, 5) is 18.7. The fraction of sp³-hybridized carbons (Fsp3) is 0.200. The van der Waals surface area contributed by atoms with Gasteiger partial charge in [-0.25, -0.2) is 4.98 Å². The first-order valence-electron chi connectivity index (χ1n) is 6.20. The van der Waals surface area contributed by atoms with Crippen LogP contribution in [0, 0.1) is 0 Å². The van der Waals surface area contributed by atoms with Crippen LogP contribution in [0.3, 0.4) is 0 Å². The molecule has 2 aromatic rings. The molecule has 1 aromatic heterocycles. The van der Waals surface area contributed by atoms with Crippen molar-refractivity contribution in [2.75, 3.05) is 4.90 Å². The van der Waals surface area contributed by atoms with Crippen molar-refractivity contribution in [1.82, 2.24) is 4.98 Å². The third-order valence-electron chi connectivity index (χ3n) is 3.39. The second kappa shape index (κ2) is 4.78. The molecule has 1 unspecified atom stereocenters. The van der Waals surface area contributed by atoms with Crippen LogP contribution in [-0.2, 0) is 6.42 Å². The van der Waals surface area contributed by atoms with Gasteiger partial charge in [-0.2, -0.15) is 0 Å². The summed E-state index contributed by atoms with van der Waals surface area (Å²) in [6, 6.07) is 11.9. The zero-order chi connectivity index (χ0) is 13.4. The van der Waals surface area contributed by atoms with E-state index >= 15 is 0 Å². The average Bonchev–Trinajstić information content (AvgIpc) is 2.74. The number of rotatable bonds is 1. The molecule has 1 aromatic carbocycles. The van der Waals surface area contributed by atoms with Crippen molar-refractivity contribution in [3.05, 3.63) is 58.3 Å². The van der Waals surface area contributed by atoms with Gasteiger partial charge in [-0.1, -0.05) is 18.2 Å². The second-order valence-electron chi connectivity index (χ2n) is 4.69. The molecule has 1 atom stereocenters. The molecular weight excluding hydrogens is 304 g/mol. The lowest BCUT2D eigenvalue weighted by atomic mass is 10.1. The van der Waals surface area contributed by atoms with Crippen LogP contribution in [0.5, 0.6) is 0 Å². The Balaban J connectivity index is 2.03. The third kappa shape index (κ3) is 2.06. The second-order valence-corrected chi connectivity index (χ2v) is 5.55. The number of hydrogen-bond acceptors (Lipinski definition) is 2. The molecule has 0 N–H and O–H groups in total. The lowest BCUT2D eigenvalue weighted by Gasteiger charge is -2.22. The Kier molecular flexibility index (Phi) is 3.11. The van der Waals surface area contributed by atoms with E-state index in [1.807, 2.05) is 35.2 Å². The molecule has 0 saturated heterocycles. The predicted octanol–water partition coefficient (Wildman–Crippen LogP) is 3.44. The molecule has 1 aliphatic heterocycles. The number of carbonyl (C=O) groups is 1. The van der Waals surface area contributed by atoms with Crippen LogP contribution in [0.15, 0.2) is 47.1 Å². The summed E-state index contributed by atoms with van der Waals surface area (Å²) in [5.74, 6) is -0.0510. The first kappa shape index (κ1) is 12.4. The first-order valence-corrected chi connectivity index (χ1v) is 7.00. The summed E-state index contributed by atoms with van der Waals surface area (Å²) in [5.41, 5.74) is 2.68. The maximum absolute atomic E-state index is 12.7. The molecule has 0 bridgehead atoms. The predicted molar refractivity (Wildman–Crippen MR) is 78.4 cm³/mol. The van der Waals surface area contributed by atoms with Crippen LogP contribution in [0.25, 0.3) is 0 Å². The monoisotopic (exact) mass is 316 g/mol. The van der Waals surface area contributed by atoms with Gasteiger partial charge >= 0.3 is 0 Å². The van der Waals surface area contributed by atoms with E-state index in [4.69, 9.17) is 0 Å². The molecule has 0 fully saturated rings. The number of fused-ring (bicyclic) bond motifs is 1. The van der Waals surface area contributed by atoms with Gasteiger partial charge in [-0.3, -0.25) is 4.79 Å². The Morgan fingerprint density at radius 1 is 1.32 bits per heavy atom. The van der Waals surface area contributed by atoms with Crippen LogP contribution in [-0.4, -0.2) is 16.9 Å². The van der Waals surface area contributed by atoms with Crippen LogP contribution >= 0.6 is 15.9 Å². The number of amides is 1. The number of benzene rings is 1. The highest BCUT2D eigenvalue weighted by Crippen LogP contribution is 2.33. The summed E-state index contributed by atoms with van der Waals surface area (Å²) in [7, 11) is 0. The van der Waals surface area contributed by atoms with E-state index in [1.165, 1.54) is 5.56 Å². The van der Waals surface area contributed by atoms with E-state index < -0.39 is 0 Å². The van der Waals surface area contributed by atoms with Gasteiger partial charge in [0, 0.05) is 22.4 Å². The van der Waals surface area contributed by atoms with Crippen molar-refractivity contribution in [2.24, 2.45) is 0 Å². The number of carbonyl (C=O) groups excluding carboxylic acids is 1. The van der Waals surface area contributed by atoms with Gasteiger partial charge in [0.25, 0.3) is 5.91 Å². The zero-order valence-corrected chi connectivity index (χ0v) is 12.1. The molecule has 3 nitrogen and oxygen atoms in total. The van der Waals surface area contributed by atoms with Crippen LogP contribution in [0.2, 0.25) is 0 Å². The molecule has 19 heavy (non-hydrogen) atoms. The van der Waals surface area contributed by atoms with Gasteiger partial charge < -0.3 is 4.90 Å². The maximum Gasteiger partial charge on any atom is 0.278 e. The fourth-order valence-electron chi connectivity index (χ4n) is 2.53. The highest BCUT2D eigenvalue weighted by atomic mass is 79.9. The van der Waals surface area contributed by atoms with Gasteiger partial charge in [0.2, 0.25) is 0 Å². The maximum atomic E-state index is 12.7. The van der Waals surface area contributed by atoms with Crippen molar-refractivity contribution in [3.63, 3.8) is 0 Å². The summed E-state index contributed by atoms with van der Waals surface area (Å²) in [6.07, 6.45) is 2.54. The molecule has 4 heteroatoms. The fourth-order valence-corrected chi connectivity index (χ4v) is 2.96. The number of para-hydroxylation sites is 1. The SMILES string of the molecule is CC1Cc2ccccc2N1C(=O)c1ncccc1Br. The topological polar surface area (TPSA) is 33.2 Å². The van der Waals surface area contributed by atoms with E-state index in [1.54, 1.807) is 6.20 Å². The Morgan fingerprint density at radius 3 is 2.89 bits per heavy atom. The number of aromatic nitrogens is 1. The highest BCUT2D eigenvalue weighted by Gasteiger charge is 2.32. The smallest absolute Gasteiger partial charge is 0.278 e. The lowest BCUT2D eigenvalue weighted by molar-refractivity contribution is 0.0976. The van der Waals surface area contributed by atoms with E-state index in [2.05, 4.69) is 33.9 Å². The molecule has 3 rings (SSSR count). The summed E-state index contributed by atoms with van der Waals surface area (Å²) in [5, 5.41) is 0. The first-order chi connectivity index (χ1) is 9.18. The lowest BCUT2D eigenvalue weighted by Crippen LogP contribution is -2.36. The molecule has 2 heterocycles. The highest BCUT2D eigenvalue weighted by molar-refractivity contribution is 9.10. The number of anilines is 1. The van der Waals surface area contributed by atoms with E-state index in [-0.39, 0.29) is 11.9 Å². The quantitative estimate of drug-likeness (QED) is 0.807. The van der Waals surface area contributed by atoms with Crippen LogP contribution in [0.1, 0.15) is 23.0 Å². The number of halogens is 1. The molecular formula is C15H13BrN2O.